The first-order chi connectivity index (χ1) is 16.0. The third-order valence-electron chi connectivity index (χ3n) is 9.57. The summed E-state index contributed by atoms with van der Waals surface area (Å²) < 4.78 is 28.5. The lowest BCUT2D eigenvalue weighted by Gasteiger charge is -2.75. The van der Waals surface area contributed by atoms with E-state index in [1.807, 2.05) is 19.1 Å². The van der Waals surface area contributed by atoms with E-state index in [1.165, 1.54) is 0 Å². The maximum atomic E-state index is 14.3. The standard InChI is InChI=1S/C28H41F2N3O/c1-5-20-10-9-19(14-21(20)29)15-33(4)28-16-26(17-28,18-28)24-31-23(25(2,3)32-24)22(34)8-6-11-27(30)12-7-13-27/h9-10,14,23-24,31-32H,5-8,11-13,15-18H2,1-4H3/t23-,24?,26?,28?/m0/s1. The van der Waals surface area contributed by atoms with E-state index in [1.54, 1.807) is 6.07 Å². The van der Waals surface area contributed by atoms with Gasteiger partial charge < -0.3 is 0 Å². The molecule has 0 amide bonds. The molecule has 0 aromatic heterocycles. The number of hydrogen-bond acceptors (Lipinski definition) is 4. The van der Waals surface area contributed by atoms with Gasteiger partial charge in [0.05, 0.1) is 12.2 Å². The predicted molar refractivity (Wildman–Crippen MR) is 131 cm³/mol. The smallest absolute Gasteiger partial charge is 0.151 e. The highest BCUT2D eigenvalue weighted by atomic mass is 19.1. The number of aryl methyl sites for hydroxylation is 1. The van der Waals surface area contributed by atoms with Crippen LogP contribution in [0.25, 0.3) is 0 Å². The van der Waals surface area contributed by atoms with Crippen molar-refractivity contribution in [3.8, 4) is 0 Å². The molecule has 4 saturated carbocycles. The SMILES string of the molecule is CCc1ccc(CN(C)C23CC(C4N[C@@H](C(=O)CCCC5(F)CCC5)C(C)(C)N4)(C2)C3)cc1F. The molecule has 4 aliphatic carbocycles. The molecule has 1 aliphatic heterocycles. The summed E-state index contributed by atoms with van der Waals surface area (Å²) in [4.78, 5) is 15.4. The van der Waals surface area contributed by atoms with E-state index >= 15 is 0 Å². The van der Waals surface area contributed by atoms with Crippen molar-refractivity contribution in [2.75, 3.05) is 7.05 Å². The highest BCUT2D eigenvalue weighted by Crippen LogP contribution is 2.71. The Labute approximate surface area is 203 Å². The van der Waals surface area contributed by atoms with Crippen LogP contribution in [0.15, 0.2) is 18.2 Å². The van der Waals surface area contributed by atoms with Gasteiger partial charge >= 0.3 is 0 Å². The van der Waals surface area contributed by atoms with Crippen molar-refractivity contribution >= 4 is 5.78 Å². The first-order valence-electron chi connectivity index (χ1n) is 13.2. The molecule has 2 bridgehead atoms. The molecule has 1 unspecified atom stereocenters. The zero-order valence-electron chi connectivity index (χ0n) is 21.3. The molecule has 6 rings (SSSR count). The number of nitrogens with one attached hydrogen (secondary N) is 2. The molecule has 2 atom stereocenters. The Bertz CT molecular complexity index is 937. The van der Waals surface area contributed by atoms with Gasteiger partial charge in [0.25, 0.3) is 0 Å². The number of rotatable bonds is 10. The summed E-state index contributed by atoms with van der Waals surface area (Å²) in [6.07, 6.45) is 8.06. The molecule has 6 heteroatoms. The van der Waals surface area contributed by atoms with E-state index in [-0.39, 0.29) is 40.3 Å². The van der Waals surface area contributed by atoms with Crippen molar-refractivity contribution in [2.24, 2.45) is 5.41 Å². The lowest BCUT2D eigenvalue weighted by Crippen LogP contribution is -2.79. The predicted octanol–water partition coefficient (Wildman–Crippen LogP) is 5.04. The van der Waals surface area contributed by atoms with Crippen LogP contribution in [0.1, 0.15) is 89.7 Å². The molecule has 1 heterocycles. The average molecular weight is 474 g/mol. The fraction of sp³-hybridized carbons (Fsp3) is 0.750. The van der Waals surface area contributed by atoms with Crippen LogP contribution in [0.4, 0.5) is 8.78 Å². The summed E-state index contributed by atoms with van der Waals surface area (Å²) >= 11 is 0. The average Bonchev–Trinajstić information content (AvgIpc) is 2.99. The minimum absolute atomic E-state index is 0.103. The number of carbonyl (C=O) groups excluding carboxylic acids is 1. The van der Waals surface area contributed by atoms with Gasteiger partial charge in [0.1, 0.15) is 11.5 Å². The van der Waals surface area contributed by atoms with Gasteiger partial charge in [0.15, 0.2) is 5.78 Å². The zero-order valence-corrected chi connectivity index (χ0v) is 21.3. The molecular weight excluding hydrogens is 432 g/mol. The molecule has 4 nitrogen and oxygen atoms in total. The number of benzene rings is 1. The summed E-state index contributed by atoms with van der Waals surface area (Å²) in [6.45, 7) is 6.94. The Morgan fingerprint density at radius 1 is 1.21 bits per heavy atom. The fourth-order valence-electron chi connectivity index (χ4n) is 7.17. The fourth-order valence-corrected chi connectivity index (χ4v) is 7.17. The van der Waals surface area contributed by atoms with Crippen LogP contribution in [-0.4, -0.2) is 46.7 Å². The van der Waals surface area contributed by atoms with E-state index < -0.39 is 5.67 Å². The monoisotopic (exact) mass is 473 g/mol. The second-order valence-corrected chi connectivity index (χ2v) is 12.5. The summed E-state index contributed by atoms with van der Waals surface area (Å²) in [5.41, 5.74) is 0.861. The Morgan fingerprint density at radius 2 is 1.91 bits per heavy atom. The molecule has 5 aliphatic rings. The van der Waals surface area contributed by atoms with Gasteiger partial charge in [-0.05, 0) is 95.9 Å². The molecule has 34 heavy (non-hydrogen) atoms. The third kappa shape index (κ3) is 4.04. The van der Waals surface area contributed by atoms with Gasteiger partial charge in [-0.25, -0.2) is 8.78 Å². The molecule has 188 valence electrons. The van der Waals surface area contributed by atoms with Crippen molar-refractivity contribution in [1.29, 1.82) is 0 Å². The lowest BCUT2D eigenvalue weighted by atomic mass is 9.37. The van der Waals surface area contributed by atoms with Gasteiger partial charge in [-0.3, -0.25) is 20.3 Å². The van der Waals surface area contributed by atoms with Gasteiger partial charge in [0, 0.05) is 29.5 Å². The Morgan fingerprint density at radius 3 is 2.50 bits per heavy atom. The number of hydrogen-bond donors (Lipinski definition) is 2. The van der Waals surface area contributed by atoms with Crippen molar-refractivity contribution in [3.63, 3.8) is 0 Å². The molecule has 0 spiro atoms. The van der Waals surface area contributed by atoms with Crippen LogP contribution >= 0.6 is 0 Å². The second kappa shape index (κ2) is 8.35. The number of alkyl halides is 1. The van der Waals surface area contributed by atoms with Gasteiger partial charge in [-0.1, -0.05) is 19.1 Å². The molecular formula is C28H41F2N3O. The highest BCUT2D eigenvalue weighted by molar-refractivity contribution is 5.86. The molecule has 1 aromatic carbocycles. The normalized spacial score (nSPS) is 34.9. The van der Waals surface area contributed by atoms with Crippen LogP contribution in [0.3, 0.4) is 0 Å². The Kier molecular flexibility index (Phi) is 5.97. The number of nitrogens with zero attached hydrogens (tertiary/aromatic N) is 1. The first-order valence-corrected chi connectivity index (χ1v) is 13.2. The van der Waals surface area contributed by atoms with Crippen LogP contribution in [0, 0.1) is 11.2 Å². The zero-order chi connectivity index (χ0) is 24.4. The maximum absolute atomic E-state index is 14.3. The minimum atomic E-state index is -1.00. The largest absolute Gasteiger partial charge is 0.298 e. The van der Waals surface area contributed by atoms with Gasteiger partial charge in [-0.15, -0.1) is 0 Å². The van der Waals surface area contributed by atoms with E-state index in [9.17, 15) is 13.6 Å². The lowest BCUT2D eigenvalue weighted by molar-refractivity contribution is -0.233. The summed E-state index contributed by atoms with van der Waals surface area (Å²) in [6, 6.07) is 5.42. The summed E-state index contributed by atoms with van der Waals surface area (Å²) in [5, 5.41) is 7.36. The van der Waals surface area contributed by atoms with Crippen LogP contribution in [0.5, 0.6) is 0 Å². The minimum Gasteiger partial charge on any atom is -0.298 e. The van der Waals surface area contributed by atoms with Gasteiger partial charge in [0.2, 0.25) is 0 Å². The van der Waals surface area contributed by atoms with E-state index in [4.69, 9.17) is 0 Å². The molecule has 0 radical (unpaired) electrons. The van der Waals surface area contributed by atoms with E-state index in [0.717, 1.165) is 43.4 Å². The summed E-state index contributed by atoms with van der Waals surface area (Å²) in [5.74, 6) is 0.105. The van der Waals surface area contributed by atoms with E-state index in [2.05, 4.69) is 36.4 Å². The number of carbonyl (C=O) groups is 1. The van der Waals surface area contributed by atoms with Crippen LogP contribution < -0.4 is 10.6 Å². The highest BCUT2D eigenvalue weighted by Gasteiger charge is 2.73. The quantitative estimate of drug-likeness (QED) is 0.500. The Hall–Kier alpha value is -1.37. The van der Waals surface area contributed by atoms with Crippen molar-refractivity contribution < 1.29 is 13.6 Å². The summed E-state index contributed by atoms with van der Waals surface area (Å²) in [7, 11) is 2.15. The topological polar surface area (TPSA) is 44.4 Å². The first kappa shape index (κ1) is 24.3. The van der Waals surface area contributed by atoms with Crippen molar-refractivity contribution in [1.82, 2.24) is 15.5 Å². The van der Waals surface area contributed by atoms with Gasteiger partial charge in [-0.2, -0.15) is 0 Å². The molecule has 2 N–H and O–H groups in total. The molecule has 1 aromatic rings. The maximum Gasteiger partial charge on any atom is 0.151 e. The van der Waals surface area contributed by atoms with Crippen LogP contribution in [0.2, 0.25) is 0 Å². The van der Waals surface area contributed by atoms with Crippen LogP contribution in [-0.2, 0) is 17.8 Å². The molecule has 1 saturated heterocycles. The van der Waals surface area contributed by atoms with Crippen molar-refractivity contribution in [3.05, 3.63) is 35.1 Å². The number of Topliss-reactive ketones (excluding diaryl/α,β-unsaturated/α-hetero) is 1. The number of halogens is 2. The van der Waals surface area contributed by atoms with E-state index in [0.29, 0.717) is 38.5 Å². The number of ketones is 1. The second-order valence-electron chi connectivity index (χ2n) is 12.5. The molecule has 5 fully saturated rings. The third-order valence-corrected chi connectivity index (χ3v) is 9.57. The van der Waals surface area contributed by atoms with Crippen molar-refractivity contribution in [2.45, 2.75) is 120 Å². The Balaban J connectivity index is 1.14.